The van der Waals surface area contributed by atoms with Crippen LogP contribution in [0.25, 0.3) is 0 Å². The molecular formula is C14H31ClSi. The Hall–Kier alpha value is 0.507. The van der Waals surface area contributed by atoms with Gasteiger partial charge in [0.1, 0.15) is 8.83 Å². The highest BCUT2D eigenvalue weighted by molar-refractivity contribution is 6.95. The van der Waals surface area contributed by atoms with Gasteiger partial charge in [-0.05, 0) is 24.3 Å². The standard InChI is InChI=1S/C14H31ClSi/c1-4-7-10-13-14(16-15,11-8-5-2)12-9-6-3/h4-13,16H2,1-3H3. The second-order valence-electron chi connectivity index (χ2n) is 5.30. The van der Waals surface area contributed by atoms with Crippen LogP contribution in [-0.4, -0.2) is 8.83 Å². The minimum Gasteiger partial charge on any atom is -0.176 e. The molecule has 0 spiro atoms. The Morgan fingerprint density at radius 2 is 1.19 bits per heavy atom. The molecular weight excluding hydrogens is 232 g/mol. The molecule has 0 amide bonds. The maximum absolute atomic E-state index is 6.41. The summed E-state index contributed by atoms with van der Waals surface area (Å²) in [6.07, 6.45) is 13.8. The van der Waals surface area contributed by atoms with Gasteiger partial charge in [0.15, 0.2) is 0 Å². The van der Waals surface area contributed by atoms with Crippen molar-refractivity contribution in [2.75, 3.05) is 0 Å². The van der Waals surface area contributed by atoms with E-state index in [-0.39, 0.29) is 8.83 Å². The van der Waals surface area contributed by atoms with E-state index in [1.807, 2.05) is 0 Å². The van der Waals surface area contributed by atoms with E-state index in [4.69, 9.17) is 11.1 Å². The zero-order chi connectivity index (χ0) is 12.3. The molecule has 16 heavy (non-hydrogen) atoms. The molecule has 0 aliphatic heterocycles. The normalized spacial score (nSPS) is 12.8. The van der Waals surface area contributed by atoms with Gasteiger partial charge >= 0.3 is 0 Å². The third kappa shape index (κ3) is 6.96. The predicted molar refractivity (Wildman–Crippen MR) is 80.3 cm³/mol. The van der Waals surface area contributed by atoms with Crippen molar-refractivity contribution in [2.45, 2.75) is 90.0 Å². The number of unbranched alkanes of at least 4 members (excludes halogenated alkanes) is 4. The van der Waals surface area contributed by atoms with E-state index in [0.29, 0.717) is 5.04 Å². The van der Waals surface area contributed by atoms with Crippen LogP contribution in [0.2, 0.25) is 5.04 Å². The van der Waals surface area contributed by atoms with Gasteiger partial charge in [-0.1, -0.05) is 65.7 Å². The summed E-state index contributed by atoms with van der Waals surface area (Å²) in [4.78, 5) is 0. The second-order valence-corrected chi connectivity index (χ2v) is 7.87. The molecule has 0 nitrogen and oxygen atoms in total. The summed E-state index contributed by atoms with van der Waals surface area (Å²) >= 11 is 6.41. The van der Waals surface area contributed by atoms with Gasteiger partial charge < -0.3 is 0 Å². The monoisotopic (exact) mass is 262 g/mol. The highest BCUT2D eigenvalue weighted by Gasteiger charge is 2.27. The Labute approximate surface area is 110 Å². The number of hydrogen-bond acceptors (Lipinski definition) is 0. The number of hydrogen-bond donors (Lipinski definition) is 0. The predicted octanol–water partition coefficient (Wildman–Crippen LogP) is 5.43. The van der Waals surface area contributed by atoms with Crippen LogP contribution >= 0.6 is 11.1 Å². The van der Waals surface area contributed by atoms with Crippen LogP contribution in [0.1, 0.15) is 85.0 Å². The SMILES string of the molecule is CCCCCC(CCCC)(CCCC)[SiH2]Cl. The van der Waals surface area contributed by atoms with Gasteiger partial charge in [-0.15, -0.1) is 0 Å². The third-order valence-corrected chi connectivity index (χ3v) is 7.04. The zero-order valence-corrected chi connectivity index (χ0v) is 13.8. The summed E-state index contributed by atoms with van der Waals surface area (Å²) in [6.45, 7) is 6.89. The molecule has 0 saturated carbocycles. The average Bonchev–Trinajstić information content (AvgIpc) is 2.32. The van der Waals surface area contributed by atoms with Crippen molar-refractivity contribution in [1.82, 2.24) is 0 Å². The maximum atomic E-state index is 6.41. The van der Waals surface area contributed by atoms with Crippen LogP contribution in [0, 0.1) is 0 Å². The Balaban J connectivity index is 4.16. The molecule has 0 aromatic rings. The second kappa shape index (κ2) is 10.6. The average molecular weight is 263 g/mol. The van der Waals surface area contributed by atoms with E-state index < -0.39 is 0 Å². The molecule has 0 aromatic heterocycles. The van der Waals surface area contributed by atoms with Gasteiger partial charge in [-0.2, -0.15) is 11.1 Å². The zero-order valence-electron chi connectivity index (χ0n) is 11.7. The topological polar surface area (TPSA) is 0 Å². The minimum absolute atomic E-state index is 0.375. The first-order valence-corrected chi connectivity index (χ1v) is 10.1. The van der Waals surface area contributed by atoms with Crippen molar-refractivity contribution in [3.63, 3.8) is 0 Å². The molecule has 0 fully saturated rings. The quantitative estimate of drug-likeness (QED) is 0.265. The summed E-state index contributed by atoms with van der Waals surface area (Å²) < 4.78 is 0. The molecule has 0 saturated heterocycles. The molecule has 0 aromatic carbocycles. The van der Waals surface area contributed by atoms with Crippen molar-refractivity contribution in [1.29, 1.82) is 0 Å². The van der Waals surface area contributed by atoms with E-state index in [1.54, 1.807) is 0 Å². The van der Waals surface area contributed by atoms with E-state index in [2.05, 4.69) is 20.8 Å². The van der Waals surface area contributed by atoms with Crippen molar-refractivity contribution in [3.05, 3.63) is 0 Å². The van der Waals surface area contributed by atoms with Crippen molar-refractivity contribution < 1.29 is 0 Å². The highest BCUT2D eigenvalue weighted by atomic mass is 35.6. The van der Waals surface area contributed by atoms with Crippen molar-refractivity contribution in [2.24, 2.45) is 0 Å². The summed E-state index contributed by atoms with van der Waals surface area (Å²) in [5.41, 5.74) is 0. The van der Waals surface area contributed by atoms with Gasteiger partial charge in [-0.3, -0.25) is 0 Å². The Kier molecular flexibility index (Phi) is 11.0. The minimum atomic E-state index is -0.375. The molecule has 0 radical (unpaired) electrons. The number of rotatable bonds is 11. The highest BCUT2D eigenvalue weighted by Crippen LogP contribution is 2.43. The lowest BCUT2D eigenvalue weighted by Crippen LogP contribution is -2.18. The molecule has 0 aliphatic carbocycles. The van der Waals surface area contributed by atoms with Crippen LogP contribution in [0.15, 0.2) is 0 Å². The Morgan fingerprint density at radius 3 is 1.56 bits per heavy atom. The fourth-order valence-corrected chi connectivity index (χ4v) is 4.78. The first kappa shape index (κ1) is 16.5. The van der Waals surface area contributed by atoms with E-state index >= 15 is 0 Å². The van der Waals surface area contributed by atoms with Crippen LogP contribution in [0.4, 0.5) is 0 Å². The smallest absolute Gasteiger partial charge is 0.131 e. The van der Waals surface area contributed by atoms with Gasteiger partial charge in [0.25, 0.3) is 0 Å². The van der Waals surface area contributed by atoms with Crippen LogP contribution in [0.5, 0.6) is 0 Å². The summed E-state index contributed by atoms with van der Waals surface area (Å²) in [5.74, 6) is 0. The summed E-state index contributed by atoms with van der Waals surface area (Å²) in [6, 6.07) is 0. The molecule has 2 heteroatoms. The largest absolute Gasteiger partial charge is 0.176 e. The summed E-state index contributed by atoms with van der Waals surface area (Å²) in [5, 5.41) is 0.600. The number of halogens is 1. The third-order valence-electron chi connectivity index (χ3n) is 3.72. The Bertz CT molecular complexity index is 140. The van der Waals surface area contributed by atoms with Crippen molar-refractivity contribution in [3.8, 4) is 0 Å². The van der Waals surface area contributed by atoms with Gasteiger partial charge in [0.2, 0.25) is 0 Å². The van der Waals surface area contributed by atoms with Gasteiger partial charge in [0, 0.05) is 0 Å². The van der Waals surface area contributed by atoms with Crippen LogP contribution < -0.4 is 0 Å². The Morgan fingerprint density at radius 1 is 0.750 bits per heavy atom. The molecule has 0 unspecified atom stereocenters. The fraction of sp³-hybridized carbons (Fsp3) is 1.00. The molecule has 0 rings (SSSR count). The van der Waals surface area contributed by atoms with E-state index in [1.165, 1.54) is 64.2 Å². The first-order chi connectivity index (χ1) is 7.74. The molecule has 0 atom stereocenters. The molecule has 0 N–H and O–H groups in total. The fourth-order valence-electron chi connectivity index (χ4n) is 2.43. The first-order valence-electron chi connectivity index (χ1n) is 7.30. The molecule has 0 bridgehead atoms. The maximum Gasteiger partial charge on any atom is 0.131 e. The van der Waals surface area contributed by atoms with E-state index in [9.17, 15) is 0 Å². The lowest BCUT2D eigenvalue weighted by atomic mass is 9.89. The van der Waals surface area contributed by atoms with Crippen molar-refractivity contribution >= 4 is 19.9 Å². The lowest BCUT2D eigenvalue weighted by molar-refractivity contribution is 0.398. The van der Waals surface area contributed by atoms with Crippen LogP contribution in [0.3, 0.4) is 0 Å². The van der Waals surface area contributed by atoms with Crippen LogP contribution in [-0.2, 0) is 0 Å². The molecule has 0 aliphatic rings. The lowest BCUT2D eigenvalue weighted by Gasteiger charge is -2.32. The molecule has 98 valence electrons. The summed E-state index contributed by atoms with van der Waals surface area (Å²) in [7, 11) is -0.375. The van der Waals surface area contributed by atoms with E-state index in [0.717, 1.165) is 0 Å². The van der Waals surface area contributed by atoms with Gasteiger partial charge in [-0.25, -0.2) is 0 Å². The molecule has 0 heterocycles. The van der Waals surface area contributed by atoms with Gasteiger partial charge in [0.05, 0.1) is 0 Å².